The number of ether oxygens (including phenoxy) is 2. The van der Waals surface area contributed by atoms with E-state index in [9.17, 15) is 10.1 Å². The molecule has 0 unspecified atom stereocenters. The van der Waals surface area contributed by atoms with E-state index in [2.05, 4.69) is 6.92 Å². The summed E-state index contributed by atoms with van der Waals surface area (Å²) in [4.78, 5) is 11.8. The van der Waals surface area contributed by atoms with Crippen LogP contribution in [0.15, 0.2) is 11.3 Å². The third-order valence-electron chi connectivity index (χ3n) is 3.95. The zero-order valence-corrected chi connectivity index (χ0v) is 15.9. The van der Waals surface area contributed by atoms with Crippen molar-refractivity contribution in [1.29, 1.82) is 5.26 Å². The van der Waals surface area contributed by atoms with E-state index >= 15 is 0 Å². The number of nitrogens with zero attached hydrogens (tertiary/aromatic N) is 1. The molecule has 0 radical (unpaired) electrons. The molecule has 0 aromatic heterocycles. The highest BCUT2D eigenvalue weighted by atomic mass is 16.5. The number of rotatable bonds is 15. The molecule has 0 saturated carbocycles. The molecule has 4 heteroatoms. The van der Waals surface area contributed by atoms with E-state index in [-0.39, 0.29) is 12.2 Å². The number of unbranched alkanes of at least 4 members (excludes halogenated alkanes) is 9. The van der Waals surface area contributed by atoms with Gasteiger partial charge in [0.15, 0.2) is 5.57 Å². The highest BCUT2D eigenvalue weighted by Crippen LogP contribution is 2.18. The maximum atomic E-state index is 11.8. The Kier molecular flexibility index (Phi) is 15.3. The fraction of sp³-hybridized carbons (Fsp3) is 0.800. The maximum absolute atomic E-state index is 11.8. The van der Waals surface area contributed by atoms with Gasteiger partial charge >= 0.3 is 5.97 Å². The molecule has 0 bridgehead atoms. The average molecular weight is 338 g/mol. The maximum Gasteiger partial charge on any atom is 0.352 e. The fourth-order valence-corrected chi connectivity index (χ4v) is 2.64. The van der Waals surface area contributed by atoms with Gasteiger partial charge in [-0.05, 0) is 20.3 Å². The van der Waals surface area contributed by atoms with Crippen LogP contribution in [0.2, 0.25) is 0 Å². The van der Waals surface area contributed by atoms with E-state index in [1.54, 1.807) is 6.92 Å². The van der Waals surface area contributed by atoms with Gasteiger partial charge in [0.05, 0.1) is 13.2 Å². The third kappa shape index (κ3) is 11.1. The Labute approximate surface area is 148 Å². The standard InChI is InChI=1S/C20H35NO3/c1-4-7-8-9-10-11-12-13-14-15-16-19(23-5-2)18(17-21)20(22)24-6-3/h4-16H2,1-3H3. The van der Waals surface area contributed by atoms with E-state index < -0.39 is 5.97 Å². The first-order valence-corrected chi connectivity index (χ1v) is 9.64. The van der Waals surface area contributed by atoms with Gasteiger partial charge in [-0.3, -0.25) is 0 Å². The zero-order chi connectivity index (χ0) is 18.0. The number of allylic oxidation sites excluding steroid dienone is 1. The van der Waals surface area contributed by atoms with Crippen molar-refractivity contribution in [3.63, 3.8) is 0 Å². The predicted molar refractivity (Wildman–Crippen MR) is 97.4 cm³/mol. The first-order valence-electron chi connectivity index (χ1n) is 9.64. The van der Waals surface area contributed by atoms with E-state index in [0.717, 1.165) is 12.8 Å². The molecule has 0 aliphatic carbocycles. The van der Waals surface area contributed by atoms with Crippen molar-refractivity contribution < 1.29 is 14.3 Å². The second-order valence-electron chi connectivity index (χ2n) is 6.00. The van der Waals surface area contributed by atoms with Crippen LogP contribution in [0.1, 0.15) is 91.4 Å². The summed E-state index contributed by atoms with van der Waals surface area (Å²) < 4.78 is 10.4. The van der Waals surface area contributed by atoms with Crippen molar-refractivity contribution in [2.24, 2.45) is 0 Å². The molecule has 0 aliphatic rings. The number of hydrogen-bond donors (Lipinski definition) is 0. The van der Waals surface area contributed by atoms with Crippen LogP contribution in [0.25, 0.3) is 0 Å². The molecule has 138 valence electrons. The van der Waals surface area contributed by atoms with Crippen molar-refractivity contribution >= 4 is 5.97 Å². The Hall–Kier alpha value is -1.50. The van der Waals surface area contributed by atoms with Gasteiger partial charge in [0, 0.05) is 6.42 Å². The molecule has 0 rings (SSSR count). The van der Waals surface area contributed by atoms with Crippen LogP contribution in [0.5, 0.6) is 0 Å². The van der Waals surface area contributed by atoms with Crippen LogP contribution in [0.4, 0.5) is 0 Å². The van der Waals surface area contributed by atoms with Crippen molar-refractivity contribution in [3.05, 3.63) is 11.3 Å². The molecule has 0 N–H and O–H groups in total. The lowest BCUT2D eigenvalue weighted by atomic mass is 10.0. The number of carbonyl (C=O) groups is 1. The quantitative estimate of drug-likeness (QED) is 0.127. The van der Waals surface area contributed by atoms with E-state index in [0.29, 0.717) is 18.8 Å². The van der Waals surface area contributed by atoms with Gasteiger partial charge in [0.2, 0.25) is 0 Å². The number of esters is 1. The van der Waals surface area contributed by atoms with E-state index in [4.69, 9.17) is 9.47 Å². The normalized spacial score (nSPS) is 11.6. The van der Waals surface area contributed by atoms with Gasteiger partial charge in [-0.25, -0.2) is 4.79 Å². The predicted octanol–water partition coefficient (Wildman–Crippen LogP) is 5.67. The second kappa shape index (κ2) is 16.4. The molecule has 0 aromatic carbocycles. The Bertz CT molecular complexity index is 396. The summed E-state index contributed by atoms with van der Waals surface area (Å²) >= 11 is 0. The molecule has 0 atom stereocenters. The van der Waals surface area contributed by atoms with Crippen LogP contribution in [-0.2, 0) is 14.3 Å². The molecule has 0 aromatic rings. The molecule has 0 aliphatic heterocycles. The smallest absolute Gasteiger partial charge is 0.352 e. The summed E-state index contributed by atoms with van der Waals surface area (Å²) in [7, 11) is 0. The molecule has 24 heavy (non-hydrogen) atoms. The summed E-state index contributed by atoms with van der Waals surface area (Å²) in [6.45, 7) is 6.55. The summed E-state index contributed by atoms with van der Waals surface area (Å²) in [6.07, 6.45) is 13.2. The average Bonchev–Trinajstić information content (AvgIpc) is 2.57. The van der Waals surface area contributed by atoms with E-state index in [1.165, 1.54) is 51.4 Å². The second-order valence-corrected chi connectivity index (χ2v) is 6.00. The summed E-state index contributed by atoms with van der Waals surface area (Å²) in [5.41, 5.74) is 0.0228. The van der Waals surface area contributed by atoms with Crippen LogP contribution >= 0.6 is 0 Å². The Morgan fingerprint density at radius 3 is 1.75 bits per heavy atom. The minimum absolute atomic E-state index is 0.0228. The molecular weight excluding hydrogens is 302 g/mol. The van der Waals surface area contributed by atoms with Gasteiger partial charge < -0.3 is 9.47 Å². The van der Waals surface area contributed by atoms with Gasteiger partial charge in [0.1, 0.15) is 11.8 Å². The van der Waals surface area contributed by atoms with Crippen LogP contribution in [-0.4, -0.2) is 19.2 Å². The largest absolute Gasteiger partial charge is 0.497 e. The summed E-state index contributed by atoms with van der Waals surface area (Å²) in [5, 5.41) is 9.19. The van der Waals surface area contributed by atoms with Crippen molar-refractivity contribution in [2.75, 3.05) is 13.2 Å². The van der Waals surface area contributed by atoms with Crippen LogP contribution in [0.3, 0.4) is 0 Å². The molecule has 0 spiro atoms. The number of nitriles is 1. The topological polar surface area (TPSA) is 59.3 Å². The minimum Gasteiger partial charge on any atom is -0.497 e. The van der Waals surface area contributed by atoms with E-state index in [1.807, 2.05) is 13.0 Å². The highest BCUT2D eigenvalue weighted by molar-refractivity contribution is 5.93. The Balaban J connectivity index is 4.05. The van der Waals surface area contributed by atoms with Gasteiger partial charge in [0.25, 0.3) is 0 Å². The lowest BCUT2D eigenvalue weighted by Gasteiger charge is -2.11. The molecule has 4 nitrogen and oxygen atoms in total. The first-order chi connectivity index (χ1) is 11.7. The van der Waals surface area contributed by atoms with Crippen molar-refractivity contribution in [1.82, 2.24) is 0 Å². The van der Waals surface area contributed by atoms with Crippen molar-refractivity contribution in [2.45, 2.75) is 91.4 Å². The SMILES string of the molecule is CCCCCCCCCCCCC(OCC)=C(C#N)C(=O)OCC. The molecule has 0 amide bonds. The monoisotopic (exact) mass is 337 g/mol. The minimum atomic E-state index is -0.574. The summed E-state index contributed by atoms with van der Waals surface area (Å²) in [5.74, 6) is -0.0893. The summed E-state index contributed by atoms with van der Waals surface area (Å²) in [6, 6.07) is 1.94. The molecule has 0 heterocycles. The highest BCUT2D eigenvalue weighted by Gasteiger charge is 2.17. The first kappa shape index (κ1) is 22.5. The fourth-order valence-electron chi connectivity index (χ4n) is 2.64. The van der Waals surface area contributed by atoms with Crippen LogP contribution < -0.4 is 0 Å². The van der Waals surface area contributed by atoms with Crippen molar-refractivity contribution in [3.8, 4) is 6.07 Å². The molecule has 0 saturated heterocycles. The zero-order valence-electron chi connectivity index (χ0n) is 15.9. The lowest BCUT2D eigenvalue weighted by molar-refractivity contribution is -0.138. The molecule has 0 fully saturated rings. The van der Waals surface area contributed by atoms with Gasteiger partial charge in [-0.1, -0.05) is 64.7 Å². The van der Waals surface area contributed by atoms with Gasteiger partial charge in [-0.2, -0.15) is 5.26 Å². The van der Waals surface area contributed by atoms with Crippen LogP contribution in [0, 0.1) is 11.3 Å². The number of carbonyl (C=O) groups excluding carboxylic acids is 1. The third-order valence-corrected chi connectivity index (χ3v) is 3.95. The lowest BCUT2D eigenvalue weighted by Crippen LogP contribution is -2.11. The Morgan fingerprint density at radius 1 is 0.792 bits per heavy atom. The number of hydrogen-bond acceptors (Lipinski definition) is 4. The Morgan fingerprint density at radius 2 is 1.29 bits per heavy atom. The van der Waals surface area contributed by atoms with Gasteiger partial charge in [-0.15, -0.1) is 0 Å². The molecular formula is C20H35NO3.